The van der Waals surface area contributed by atoms with Gasteiger partial charge in [0.1, 0.15) is 40.2 Å². The van der Waals surface area contributed by atoms with Gasteiger partial charge in [0.25, 0.3) is 0 Å². The second-order valence-corrected chi connectivity index (χ2v) is 11.6. The molecule has 0 amide bonds. The molecule has 6 aromatic rings. The van der Waals surface area contributed by atoms with Gasteiger partial charge in [0.2, 0.25) is 46.0 Å². The predicted octanol–water partition coefficient (Wildman–Crippen LogP) is 7.50. The van der Waals surface area contributed by atoms with E-state index in [0.29, 0.717) is 0 Å². The summed E-state index contributed by atoms with van der Waals surface area (Å²) in [5, 5.41) is 115. The monoisotopic (exact) mass is 726 g/mol. The Morgan fingerprint density at radius 2 is 0.755 bits per heavy atom. The molecule has 17 nitrogen and oxygen atoms in total. The highest BCUT2D eigenvalue weighted by Gasteiger charge is 2.34. The summed E-state index contributed by atoms with van der Waals surface area (Å²) in [6.07, 6.45) is 0. The average molecular weight is 727 g/mol. The van der Waals surface area contributed by atoms with E-state index in [4.69, 9.17) is 28.4 Å². The Bertz CT molecular complexity index is 2500. The van der Waals surface area contributed by atoms with Gasteiger partial charge in [-0.25, -0.2) is 0 Å². The molecule has 268 valence electrons. The molecule has 0 atom stereocenters. The Morgan fingerprint density at radius 3 is 1.28 bits per heavy atom. The zero-order valence-corrected chi connectivity index (χ0v) is 26.2. The van der Waals surface area contributed by atoms with Gasteiger partial charge in [0.05, 0.1) is 5.56 Å². The molecule has 2 aliphatic rings. The van der Waals surface area contributed by atoms with Gasteiger partial charge in [-0.2, -0.15) is 0 Å². The summed E-state index contributed by atoms with van der Waals surface area (Å²) in [5.41, 5.74) is -0.278. The lowest BCUT2D eigenvalue weighted by molar-refractivity contribution is 0.299. The van der Waals surface area contributed by atoms with Gasteiger partial charge >= 0.3 is 0 Å². The van der Waals surface area contributed by atoms with Gasteiger partial charge in [-0.05, 0) is 17.7 Å². The summed E-state index contributed by atoms with van der Waals surface area (Å²) in [4.78, 5) is 0. The van der Waals surface area contributed by atoms with Crippen LogP contribution in [0.3, 0.4) is 0 Å². The standard InChI is InChI=1S/C36H22O17/c37-13-3-14(38)5-16(4-13)48-31-22(44)10-24(46)33-35(31)52-29-20(42)1-12(2-26(29)50-33)28-18(40)8-17(9-19(28)41)49-32-23(45)11-25(47)34-36(32)53-30-21(43)6-15(39)7-27(30)51-34/h1-11,37-47H. The van der Waals surface area contributed by atoms with E-state index in [0.717, 1.165) is 60.7 Å². The summed E-state index contributed by atoms with van der Waals surface area (Å²) < 4.78 is 34.2. The minimum atomic E-state index is -0.670. The summed E-state index contributed by atoms with van der Waals surface area (Å²) in [6, 6.07) is 11.5. The Morgan fingerprint density at radius 1 is 0.321 bits per heavy atom. The number of ether oxygens (including phenoxy) is 6. The molecule has 8 rings (SSSR count). The number of fused-ring (bicyclic) bond motifs is 4. The van der Waals surface area contributed by atoms with E-state index in [2.05, 4.69) is 0 Å². The first-order valence-corrected chi connectivity index (χ1v) is 15.0. The van der Waals surface area contributed by atoms with Crippen LogP contribution in [0.5, 0.6) is 132 Å². The molecule has 0 saturated carbocycles. The molecule has 53 heavy (non-hydrogen) atoms. The quantitative estimate of drug-likeness (QED) is 0.0819. The van der Waals surface area contributed by atoms with Crippen LogP contribution in [0.2, 0.25) is 0 Å². The third-order valence-electron chi connectivity index (χ3n) is 7.86. The molecule has 2 aliphatic heterocycles. The molecular weight excluding hydrogens is 704 g/mol. The molecule has 0 aliphatic carbocycles. The van der Waals surface area contributed by atoms with Crippen LogP contribution in [0.4, 0.5) is 0 Å². The topological polar surface area (TPSA) is 278 Å². The van der Waals surface area contributed by atoms with Crippen molar-refractivity contribution in [2.45, 2.75) is 0 Å². The molecule has 17 heteroatoms. The van der Waals surface area contributed by atoms with Crippen LogP contribution in [0.1, 0.15) is 0 Å². The first-order chi connectivity index (χ1) is 25.2. The van der Waals surface area contributed by atoms with Crippen molar-refractivity contribution in [1.29, 1.82) is 0 Å². The van der Waals surface area contributed by atoms with Crippen molar-refractivity contribution in [2.75, 3.05) is 0 Å². The molecule has 0 bridgehead atoms. The fraction of sp³-hybridized carbons (Fsp3) is 0. The van der Waals surface area contributed by atoms with E-state index >= 15 is 0 Å². The van der Waals surface area contributed by atoms with Crippen molar-refractivity contribution in [2.24, 2.45) is 0 Å². The summed E-state index contributed by atoms with van der Waals surface area (Å²) in [6.45, 7) is 0. The van der Waals surface area contributed by atoms with Gasteiger partial charge in [-0.1, -0.05) is 0 Å². The van der Waals surface area contributed by atoms with Crippen molar-refractivity contribution in [3.05, 3.63) is 66.7 Å². The minimum absolute atomic E-state index is 0.0308. The number of phenolic OH excluding ortho intramolecular Hbond substituents is 11. The fourth-order valence-corrected chi connectivity index (χ4v) is 5.66. The van der Waals surface area contributed by atoms with Gasteiger partial charge in [0, 0.05) is 54.6 Å². The summed E-state index contributed by atoms with van der Waals surface area (Å²) >= 11 is 0. The van der Waals surface area contributed by atoms with E-state index in [-0.39, 0.29) is 80.1 Å². The third kappa shape index (κ3) is 5.37. The Kier molecular flexibility index (Phi) is 6.97. The number of hydrogen-bond donors (Lipinski definition) is 11. The van der Waals surface area contributed by atoms with Gasteiger partial charge in [-0.3, -0.25) is 0 Å². The van der Waals surface area contributed by atoms with Crippen molar-refractivity contribution < 1.29 is 84.6 Å². The number of hydrogen-bond acceptors (Lipinski definition) is 17. The lowest BCUT2D eigenvalue weighted by Crippen LogP contribution is -2.02. The van der Waals surface area contributed by atoms with Crippen LogP contribution in [0, 0.1) is 0 Å². The molecule has 6 aromatic carbocycles. The van der Waals surface area contributed by atoms with Crippen LogP contribution in [0.15, 0.2) is 66.7 Å². The second kappa shape index (κ2) is 11.5. The molecule has 0 unspecified atom stereocenters. The second-order valence-electron chi connectivity index (χ2n) is 11.6. The van der Waals surface area contributed by atoms with Crippen LogP contribution in [-0.2, 0) is 0 Å². The van der Waals surface area contributed by atoms with Crippen LogP contribution >= 0.6 is 0 Å². The highest BCUT2D eigenvalue weighted by Crippen LogP contribution is 2.62. The minimum Gasteiger partial charge on any atom is -0.508 e. The maximum absolute atomic E-state index is 11.1. The fourth-order valence-electron chi connectivity index (χ4n) is 5.66. The molecular formula is C36H22O17. The predicted molar refractivity (Wildman–Crippen MR) is 176 cm³/mol. The highest BCUT2D eigenvalue weighted by molar-refractivity contribution is 5.82. The lowest BCUT2D eigenvalue weighted by atomic mass is 10.0. The number of aromatic hydroxyl groups is 11. The molecule has 11 N–H and O–H groups in total. The largest absolute Gasteiger partial charge is 0.508 e. The van der Waals surface area contributed by atoms with Crippen LogP contribution in [-0.4, -0.2) is 56.2 Å². The first-order valence-electron chi connectivity index (χ1n) is 15.0. The van der Waals surface area contributed by atoms with E-state index in [1.807, 2.05) is 0 Å². The first kappa shape index (κ1) is 32.1. The van der Waals surface area contributed by atoms with E-state index in [9.17, 15) is 56.2 Å². The Balaban J connectivity index is 1.12. The van der Waals surface area contributed by atoms with Crippen molar-refractivity contribution >= 4 is 0 Å². The summed E-state index contributed by atoms with van der Waals surface area (Å²) in [7, 11) is 0. The maximum Gasteiger partial charge on any atom is 0.220 e. The number of benzene rings is 6. The Hall–Kier alpha value is -8.08. The van der Waals surface area contributed by atoms with E-state index in [1.54, 1.807) is 0 Å². The van der Waals surface area contributed by atoms with Crippen molar-refractivity contribution in [3.63, 3.8) is 0 Å². The zero-order valence-electron chi connectivity index (χ0n) is 26.2. The molecule has 0 aromatic heterocycles. The maximum atomic E-state index is 11.1. The van der Waals surface area contributed by atoms with E-state index in [1.165, 1.54) is 6.07 Å². The smallest absolute Gasteiger partial charge is 0.220 e. The SMILES string of the molecule is Oc1cc(O)cc(Oc2c(O)cc(O)c3c2Oc2c(O)cc(-c4c(O)cc(Oc5c(O)cc(O)c6c5Oc5c(O)cc(O)cc5O6)cc4O)cc2O3)c1. The van der Waals surface area contributed by atoms with Crippen molar-refractivity contribution in [3.8, 4) is 143 Å². The average Bonchev–Trinajstić information content (AvgIpc) is 3.07. The zero-order chi connectivity index (χ0) is 37.5. The van der Waals surface area contributed by atoms with E-state index < -0.39 is 63.2 Å². The molecule has 2 heterocycles. The van der Waals surface area contributed by atoms with Crippen LogP contribution < -0.4 is 28.4 Å². The normalized spacial score (nSPS) is 12.1. The molecule has 0 spiro atoms. The summed E-state index contributed by atoms with van der Waals surface area (Å²) in [5.74, 6) is -9.75. The number of rotatable bonds is 5. The van der Waals surface area contributed by atoms with Gasteiger partial charge in [-0.15, -0.1) is 0 Å². The molecule has 0 fully saturated rings. The lowest BCUT2D eigenvalue weighted by Gasteiger charge is -2.25. The van der Waals surface area contributed by atoms with Gasteiger partial charge < -0.3 is 84.6 Å². The third-order valence-corrected chi connectivity index (χ3v) is 7.86. The highest BCUT2D eigenvalue weighted by atomic mass is 16.6. The Labute approximate surface area is 294 Å². The van der Waals surface area contributed by atoms with Crippen molar-refractivity contribution in [1.82, 2.24) is 0 Å². The molecule has 0 saturated heterocycles. The van der Waals surface area contributed by atoms with Gasteiger partial charge in [0.15, 0.2) is 46.0 Å². The van der Waals surface area contributed by atoms with Crippen LogP contribution in [0.25, 0.3) is 11.1 Å². The number of phenols is 11. The molecule has 0 radical (unpaired) electrons.